The molecule has 0 radical (unpaired) electrons. The van der Waals surface area contributed by atoms with Crippen LogP contribution in [0.4, 0.5) is 15.8 Å². The number of rotatable bonds is 13. The third-order valence-corrected chi connectivity index (χ3v) is 8.78. The van der Waals surface area contributed by atoms with E-state index < -0.39 is 29.1 Å². The van der Waals surface area contributed by atoms with Gasteiger partial charge < -0.3 is 20.7 Å². The van der Waals surface area contributed by atoms with Crippen LogP contribution >= 0.6 is 23.2 Å². The fourth-order valence-corrected chi connectivity index (χ4v) is 6.45. The second-order valence-corrected chi connectivity index (χ2v) is 12.2. The van der Waals surface area contributed by atoms with Gasteiger partial charge in [-0.2, -0.15) is 0 Å². The van der Waals surface area contributed by atoms with Crippen molar-refractivity contribution in [3.05, 3.63) is 124 Å². The third kappa shape index (κ3) is 7.93. The summed E-state index contributed by atoms with van der Waals surface area (Å²) in [4.78, 5) is 41.3. The second-order valence-electron chi connectivity index (χ2n) is 11.3. The normalized spacial score (nSPS) is 19.8. The molecule has 0 aliphatic carbocycles. The highest BCUT2D eigenvalue weighted by atomic mass is 35.5. The Morgan fingerprint density at radius 2 is 1.91 bits per heavy atom. The number of primary amides is 1. The highest BCUT2D eigenvalue weighted by Crippen LogP contribution is 2.53. The molecule has 1 unspecified atom stereocenters. The largest absolute Gasteiger partial charge is 0.494 e. The average Bonchev–Trinajstić information content (AvgIpc) is 3.32. The van der Waals surface area contributed by atoms with Gasteiger partial charge in [-0.3, -0.25) is 19.3 Å². The number of likely N-dealkylation sites (tertiary alicyclic amines) is 1. The first kappa shape index (κ1) is 35.4. The number of nitrogens with zero attached hydrogens (tertiary/aromatic N) is 2. The third-order valence-electron chi connectivity index (χ3n) is 8.42. The van der Waals surface area contributed by atoms with Gasteiger partial charge in [0.1, 0.15) is 11.6 Å². The molecule has 8 nitrogen and oxygen atoms in total. The summed E-state index contributed by atoms with van der Waals surface area (Å²) >= 11 is 12.3. The van der Waals surface area contributed by atoms with Crippen LogP contribution in [0.15, 0.2) is 102 Å². The van der Waals surface area contributed by atoms with Crippen LogP contribution in [0.2, 0.25) is 5.02 Å². The minimum atomic E-state index is -1.19. The maximum absolute atomic E-state index is 16.8. The SMILES string of the molecule is C=C(Cl)/C=C\C=C(/F)C1[C@H](C(=O)N(C)c2ccc(C(N)=O)cc2)CN(Cc2cccc(OCC)c2)[C@]1(C)c1ccc(Cl)cc1NC=O. The van der Waals surface area contributed by atoms with Crippen molar-refractivity contribution in [1.82, 2.24) is 4.90 Å². The number of halogens is 3. The fraction of sp³-hybridized carbons (Fsp3) is 0.250. The Morgan fingerprint density at radius 3 is 2.55 bits per heavy atom. The highest BCUT2D eigenvalue weighted by Gasteiger charge is 2.57. The van der Waals surface area contributed by atoms with Gasteiger partial charge in [-0.25, -0.2) is 4.39 Å². The first-order chi connectivity index (χ1) is 22.4. The van der Waals surface area contributed by atoms with Crippen LogP contribution in [0, 0.1) is 11.8 Å². The van der Waals surface area contributed by atoms with E-state index in [9.17, 15) is 14.4 Å². The zero-order valence-electron chi connectivity index (χ0n) is 26.4. The summed E-state index contributed by atoms with van der Waals surface area (Å²) in [5.41, 5.74) is 6.84. The first-order valence-corrected chi connectivity index (χ1v) is 15.7. The Bertz CT molecular complexity index is 1710. The van der Waals surface area contributed by atoms with Crippen molar-refractivity contribution < 1.29 is 23.5 Å². The molecule has 1 aliphatic heterocycles. The quantitative estimate of drug-likeness (QED) is 0.147. The van der Waals surface area contributed by atoms with Crippen molar-refractivity contribution in [3.63, 3.8) is 0 Å². The molecule has 1 saturated heterocycles. The van der Waals surface area contributed by atoms with Gasteiger partial charge in [-0.15, -0.1) is 0 Å². The molecule has 246 valence electrons. The number of nitrogens with two attached hydrogens (primary N) is 1. The Kier molecular flexibility index (Phi) is 11.6. The molecule has 47 heavy (non-hydrogen) atoms. The van der Waals surface area contributed by atoms with Crippen molar-refractivity contribution in [2.45, 2.75) is 25.9 Å². The molecule has 11 heteroatoms. The fourth-order valence-electron chi connectivity index (χ4n) is 6.20. The molecule has 1 heterocycles. The molecule has 3 atom stereocenters. The van der Waals surface area contributed by atoms with Gasteiger partial charge in [-0.05, 0) is 85.7 Å². The number of ether oxygens (including phenoxy) is 1. The number of hydrogen-bond acceptors (Lipinski definition) is 5. The van der Waals surface area contributed by atoms with Gasteiger partial charge in [0.25, 0.3) is 0 Å². The maximum Gasteiger partial charge on any atom is 0.248 e. The van der Waals surface area contributed by atoms with E-state index in [0.717, 1.165) is 5.56 Å². The van der Waals surface area contributed by atoms with Crippen molar-refractivity contribution in [2.75, 3.05) is 30.4 Å². The number of amides is 3. The standard InChI is InChI=1S/C36H37Cl2FN4O4/c1-5-47-28-10-7-9-24(18-28)20-43-21-29(35(46)42(4)27-15-12-25(13-16-27)34(40)45)33(31(39)11-6-8-23(2)37)36(43,3)30-17-14-26(38)19-32(30)41-22-44/h6-19,22,29,33H,2,5,20-21H2,1,3-4H3,(H2,40,45)(H,41,44)/b8-6-,31-11-/t29-,33?,36-/m1/s1. The maximum atomic E-state index is 16.8. The summed E-state index contributed by atoms with van der Waals surface area (Å²) in [6, 6.07) is 18.9. The monoisotopic (exact) mass is 678 g/mol. The van der Waals surface area contributed by atoms with E-state index in [1.807, 2.05) is 43.0 Å². The summed E-state index contributed by atoms with van der Waals surface area (Å²) in [6.07, 6.45) is 4.71. The number of benzene rings is 3. The number of carbonyl (C=O) groups excluding carboxylic acids is 3. The summed E-state index contributed by atoms with van der Waals surface area (Å²) in [5.74, 6) is -2.79. The lowest BCUT2D eigenvalue weighted by molar-refractivity contribution is -0.122. The number of allylic oxidation sites excluding steroid dienone is 4. The van der Waals surface area contributed by atoms with Crippen LogP contribution in [0.3, 0.4) is 0 Å². The molecule has 1 aliphatic rings. The van der Waals surface area contributed by atoms with E-state index in [1.54, 1.807) is 37.4 Å². The Balaban J connectivity index is 1.91. The van der Waals surface area contributed by atoms with E-state index in [0.29, 0.717) is 52.8 Å². The van der Waals surface area contributed by atoms with Gasteiger partial charge in [0.2, 0.25) is 18.2 Å². The van der Waals surface area contributed by atoms with E-state index in [4.69, 9.17) is 33.7 Å². The predicted octanol–water partition coefficient (Wildman–Crippen LogP) is 7.19. The van der Waals surface area contributed by atoms with Crippen LogP contribution in [-0.4, -0.2) is 43.3 Å². The van der Waals surface area contributed by atoms with Crippen molar-refractivity contribution in [2.24, 2.45) is 17.6 Å². The van der Waals surface area contributed by atoms with Gasteiger partial charge >= 0.3 is 0 Å². The first-order valence-electron chi connectivity index (χ1n) is 14.9. The molecular formula is C36H37Cl2FN4O4. The zero-order valence-corrected chi connectivity index (χ0v) is 27.9. The molecule has 3 aromatic rings. The molecule has 0 bridgehead atoms. The van der Waals surface area contributed by atoms with Crippen LogP contribution < -0.4 is 20.7 Å². The van der Waals surface area contributed by atoms with Crippen LogP contribution in [0.1, 0.15) is 35.3 Å². The van der Waals surface area contributed by atoms with E-state index in [-0.39, 0.29) is 17.5 Å². The van der Waals surface area contributed by atoms with Crippen molar-refractivity contribution in [1.29, 1.82) is 0 Å². The van der Waals surface area contributed by atoms with Gasteiger partial charge in [0, 0.05) is 53.0 Å². The van der Waals surface area contributed by atoms with Crippen molar-refractivity contribution >= 4 is 52.8 Å². The molecule has 1 fully saturated rings. The number of nitrogens with one attached hydrogen (secondary N) is 1. The van der Waals surface area contributed by atoms with Gasteiger partial charge in [0.15, 0.2) is 0 Å². The Hall–Kier alpha value is -4.44. The molecule has 3 amide bonds. The number of carbonyl (C=O) groups is 3. The lowest BCUT2D eigenvalue weighted by atomic mass is 9.74. The smallest absolute Gasteiger partial charge is 0.248 e. The number of anilines is 2. The molecule has 3 N–H and O–H groups in total. The minimum Gasteiger partial charge on any atom is -0.494 e. The van der Waals surface area contributed by atoms with Crippen molar-refractivity contribution in [3.8, 4) is 5.75 Å². The summed E-state index contributed by atoms with van der Waals surface area (Å²) in [5, 5.41) is 3.31. The highest BCUT2D eigenvalue weighted by molar-refractivity contribution is 6.31. The van der Waals surface area contributed by atoms with E-state index >= 15 is 4.39 Å². The lowest BCUT2D eigenvalue weighted by Crippen LogP contribution is -2.44. The molecule has 4 rings (SSSR count). The van der Waals surface area contributed by atoms with Crippen LogP contribution in [-0.2, 0) is 21.7 Å². The van der Waals surface area contributed by atoms with Crippen LogP contribution in [0.25, 0.3) is 0 Å². The Labute approximate surface area is 284 Å². The second kappa shape index (κ2) is 15.4. The summed E-state index contributed by atoms with van der Waals surface area (Å²) in [6.45, 7) is 8.34. The topological polar surface area (TPSA) is 105 Å². The molecule has 0 spiro atoms. The molecule has 0 aromatic heterocycles. The zero-order chi connectivity index (χ0) is 34.3. The molecular weight excluding hydrogens is 642 g/mol. The summed E-state index contributed by atoms with van der Waals surface area (Å²) in [7, 11) is 1.60. The van der Waals surface area contributed by atoms with Crippen LogP contribution in [0.5, 0.6) is 5.75 Å². The van der Waals surface area contributed by atoms with Gasteiger partial charge in [0.05, 0.1) is 18.1 Å². The lowest BCUT2D eigenvalue weighted by Gasteiger charge is -2.41. The molecule has 0 saturated carbocycles. The average molecular weight is 680 g/mol. The molecule has 3 aromatic carbocycles. The van der Waals surface area contributed by atoms with E-state index in [1.165, 1.54) is 35.3 Å². The van der Waals surface area contributed by atoms with E-state index in [2.05, 4.69) is 11.9 Å². The minimum absolute atomic E-state index is 0.152. The Morgan fingerprint density at radius 1 is 1.19 bits per heavy atom. The summed E-state index contributed by atoms with van der Waals surface area (Å²) < 4.78 is 22.5. The van der Waals surface area contributed by atoms with Gasteiger partial charge in [-0.1, -0.05) is 54.1 Å². The number of hydrogen-bond donors (Lipinski definition) is 2. The predicted molar refractivity (Wildman–Crippen MR) is 185 cm³/mol.